The lowest BCUT2D eigenvalue weighted by Crippen LogP contribution is -2.43. The molecule has 1 heterocycles. The monoisotopic (exact) mass is 381 g/mol. The molecular weight excluding hydrogens is 354 g/mol. The molecule has 144 valence electrons. The molecule has 1 amide bonds. The van der Waals surface area contributed by atoms with E-state index >= 15 is 0 Å². The molecule has 2 aliphatic rings. The fraction of sp³-hybridized carbons (Fsp3) is 0.632. The molecule has 1 saturated heterocycles. The van der Waals surface area contributed by atoms with Crippen molar-refractivity contribution in [3.8, 4) is 0 Å². The van der Waals surface area contributed by atoms with Gasteiger partial charge >= 0.3 is 6.09 Å². The van der Waals surface area contributed by atoms with E-state index in [-0.39, 0.29) is 35.5 Å². The van der Waals surface area contributed by atoms with E-state index < -0.39 is 15.7 Å². The smallest absolute Gasteiger partial charge is 0.410 e. The second kappa shape index (κ2) is 6.85. The van der Waals surface area contributed by atoms with Crippen LogP contribution in [0.25, 0.3) is 0 Å². The molecule has 3 rings (SSSR count). The highest BCUT2D eigenvalue weighted by Gasteiger charge is 2.47. The maximum absolute atomic E-state index is 12.3. The number of amides is 1. The second-order valence-electron chi connectivity index (χ2n) is 8.33. The van der Waals surface area contributed by atoms with Crippen molar-refractivity contribution in [2.75, 3.05) is 13.2 Å². The Kier molecular flexibility index (Phi) is 5.05. The lowest BCUT2D eigenvalue weighted by Gasteiger charge is -2.33. The summed E-state index contributed by atoms with van der Waals surface area (Å²) < 4.78 is 35.4. The van der Waals surface area contributed by atoms with Crippen LogP contribution in [0, 0.1) is 18.8 Å². The molecule has 0 radical (unpaired) electrons. The van der Waals surface area contributed by atoms with Gasteiger partial charge in [0.2, 0.25) is 0 Å². The maximum atomic E-state index is 12.3. The molecule has 1 aliphatic carbocycles. The van der Waals surface area contributed by atoms with E-state index in [1.807, 2.05) is 27.7 Å². The number of hydrogen-bond donors (Lipinski definition) is 0. The van der Waals surface area contributed by atoms with Gasteiger partial charge in [-0.05, 0) is 64.5 Å². The van der Waals surface area contributed by atoms with Gasteiger partial charge in [-0.2, -0.15) is 8.42 Å². The summed E-state index contributed by atoms with van der Waals surface area (Å²) in [6.45, 7) is 8.24. The van der Waals surface area contributed by atoms with Crippen LogP contribution in [0.1, 0.15) is 39.2 Å². The van der Waals surface area contributed by atoms with Crippen molar-refractivity contribution in [2.24, 2.45) is 11.8 Å². The average Bonchev–Trinajstić information content (AvgIpc) is 3.12. The van der Waals surface area contributed by atoms with Crippen molar-refractivity contribution in [2.45, 2.75) is 57.1 Å². The third-order valence-corrected chi connectivity index (χ3v) is 6.36. The van der Waals surface area contributed by atoms with Crippen molar-refractivity contribution in [1.82, 2.24) is 4.90 Å². The van der Waals surface area contributed by atoms with E-state index in [2.05, 4.69) is 0 Å². The molecule has 0 unspecified atom stereocenters. The normalized spacial score (nSPS) is 25.5. The molecule has 26 heavy (non-hydrogen) atoms. The first-order valence-corrected chi connectivity index (χ1v) is 10.4. The summed E-state index contributed by atoms with van der Waals surface area (Å²) in [5, 5.41) is 0. The van der Waals surface area contributed by atoms with Gasteiger partial charge in [-0.25, -0.2) is 4.79 Å². The average molecular weight is 381 g/mol. The largest absolute Gasteiger partial charge is 0.444 e. The number of carbonyl (C=O) groups excluding carboxylic acids is 1. The van der Waals surface area contributed by atoms with Crippen LogP contribution in [0.15, 0.2) is 29.2 Å². The first-order chi connectivity index (χ1) is 12.0. The zero-order chi connectivity index (χ0) is 19.1. The standard InChI is InChI=1S/C19H27NO5S/c1-13-5-7-17(8-6-13)26(22,23)24-12-15-10-16-9-14(15)11-20(16)18(21)25-19(2,3)4/h5-8,14-16H,9-12H2,1-4H3/t14-,15-,16-/m0/s1. The SMILES string of the molecule is Cc1ccc(S(=O)(=O)OC[C@@H]2C[C@@H]3C[C@H]2CN3C(=O)OC(C)(C)C)cc1. The fourth-order valence-electron chi connectivity index (χ4n) is 3.76. The fourth-order valence-corrected chi connectivity index (χ4v) is 4.72. The highest BCUT2D eigenvalue weighted by Crippen LogP contribution is 2.43. The highest BCUT2D eigenvalue weighted by molar-refractivity contribution is 7.86. The van der Waals surface area contributed by atoms with E-state index in [4.69, 9.17) is 8.92 Å². The van der Waals surface area contributed by atoms with Crippen LogP contribution in [-0.2, 0) is 19.0 Å². The number of aryl methyl sites for hydroxylation is 1. The summed E-state index contributed by atoms with van der Waals surface area (Å²) >= 11 is 0. The molecule has 0 spiro atoms. The van der Waals surface area contributed by atoms with E-state index in [9.17, 15) is 13.2 Å². The number of rotatable bonds is 4. The van der Waals surface area contributed by atoms with Gasteiger partial charge in [-0.15, -0.1) is 0 Å². The first-order valence-electron chi connectivity index (χ1n) is 9.01. The second-order valence-corrected chi connectivity index (χ2v) is 9.95. The first kappa shape index (κ1) is 19.2. The predicted octanol–water partition coefficient (Wildman–Crippen LogP) is 3.35. The molecule has 1 saturated carbocycles. The minimum Gasteiger partial charge on any atom is -0.444 e. The Morgan fingerprint density at radius 1 is 1.19 bits per heavy atom. The Morgan fingerprint density at radius 3 is 2.38 bits per heavy atom. The minimum atomic E-state index is -3.74. The summed E-state index contributed by atoms with van der Waals surface area (Å²) in [6, 6.07) is 6.76. The predicted molar refractivity (Wildman–Crippen MR) is 97.3 cm³/mol. The van der Waals surface area contributed by atoms with Gasteiger partial charge in [0.1, 0.15) is 5.60 Å². The number of hydrogen-bond acceptors (Lipinski definition) is 5. The Morgan fingerprint density at radius 2 is 1.85 bits per heavy atom. The zero-order valence-electron chi connectivity index (χ0n) is 15.8. The number of nitrogens with zero attached hydrogens (tertiary/aromatic N) is 1. The molecule has 0 aromatic heterocycles. The summed E-state index contributed by atoms with van der Waals surface area (Å²) in [5.74, 6) is 0.416. The summed E-state index contributed by atoms with van der Waals surface area (Å²) in [5.41, 5.74) is 0.489. The van der Waals surface area contributed by atoms with Gasteiger partial charge < -0.3 is 9.64 Å². The Bertz CT molecular complexity index is 766. The molecule has 6 nitrogen and oxygen atoms in total. The Balaban J connectivity index is 1.55. The Hall–Kier alpha value is -1.60. The van der Waals surface area contributed by atoms with Gasteiger partial charge in [0, 0.05) is 12.6 Å². The van der Waals surface area contributed by atoms with Gasteiger partial charge in [-0.1, -0.05) is 17.7 Å². The quantitative estimate of drug-likeness (QED) is 0.748. The lowest BCUT2D eigenvalue weighted by molar-refractivity contribution is 0.0144. The summed E-state index contributed by atoms with van der Waals surface area (Å²) in [4.78, 5) is 14.2. The van der Waals surface area contributed by atoms with Crippen LogP contribution in [0.5, 0.6) is 0 Å². The van der Waals surface area contributed by atoms with E-state index in [0.29, 0.717) is 6.54 Å². The van der Waals surface area contributed by atoms with E-state index in [0.717, 1.165) is 18.4 Å². The van der Waals surface area contributed by atoms with Gasteiger partial charge in [0.05, 0.1) is 11.5 Å². The topological polar surface area (TPSA) is 72.9 Å². The van der Waals surface area contributed by atoms with E-state index in [1.165, 1.54) is 0 Å². The molecular formula is C19H27NO5S. The molecule has 7 heteroatoms. The molecule has 2 fully saturated rings. The number of likely N-dealkylation sites (tertiary alicyclic amines) is 1. The van der Waals surface area contributed by atoms with Crippen molar-refractivity contribution in [1.29, 1.82) is 0 Å². The molecule has 3 atom stereocenters. The molecule has 0 N–H and O–H groups in total. The third-order valence-electron chi connectivity index (χ3n) is 5.06. The van der Waals surface area contributed by atoms with Crippen molar-refractivity contribution in [3.05, 3.63) is 29.8 Å². The number of fused-ring (bicyclic) bond motifs is 2. The number of benzene rings is 1. The van der Waals surface area contributed by atoms with Crippen LogP contribution in [0.2, 0.25) is 0 Å². The van der Waals surface area contributed by atoms with Gasteiger partial charge in [0.25, 0.3) is 10.1 Å². The zero-order valence-corrected chi connectivity index (χ0v) is 16.6. The van der Waals surface area contributed by atoms with Crippen LogP contribution in [0.3, 0.4) is 0 Å². The number of piperidine rings is 1. The van der Waals surface area contributed by atoms with Crippen LogP contribution in [0.4, 0.5) is 4.79 Å². The number of ether oxygens (including phenoxy) is 1. The van der Waals surface area contributed by atoms with Crippen molar-refractivity contribution in [3.63, 3.8) is 0 Å². The van der Waals surface area contributed by atoms with Crippen LogP contribution < -0.4 is 0 Å². The van der Waals surface area contributed by atoms with Crippen molar-refractivity contribution < 1.29 is 22.1 Å². The lowest BCUT2D eigenvalue weighted by atomic mass is 9.96. The van der Waals surface area contributed by atoms with Gasteiger partial charge in [-0.3, -0.25) is 4.18 Å². The maximum Gasteiger partial charge on any atom is 0.410 e. The third kappa shape index (κ3) is 4.20. The van der Waals surface area contributed by atoms with Crippen LogP contribution in [-0.4, -0.2) is 44.2 Å². The molecule has 2 bridgehead atoms. The molecule has 1 aliphatic heterocycles. The van der Waals surface area contributed by atoms with Crippen molar-refractivity contribution >= 4 is 16.2 Å². The minimum absolute atomic E-state index is 0.116. The van der Waals surface area contributed by atoms with Crippen LogP contribution >= 0.6 is 0 Å². The summed E-state index contributed by atoms with van der Waals surface area (Å²) in [6.07, 6.45) is 1.36. The van der Waals surface area contributed by atoms with Gasteiger partial charge in [0.15, 0.2) is 0 Å². The summed E-state index contributed by atoms with van der Waals surface area (Å²) in [7, 11) is -3.74. The van der Waals surface area contributed by atoms with E-state index in [1.54, 1.807) is 29.2 Å². The molecule has 1 aromatic carbocycles. The Labute approximate surface area is 155 Å². The molecule has 1 aromatic rings. The highest BCUT2D eigenvalue weighted by atomic mass is 32.2. The number of carbonyl (C=O) groups is 1.